The number of hydrogen-bond donors (Lipinski definition) is 1. The lowest BCUT2D eigenvalue weighted by Crippen LogP contribution is -2.89. The van der Waals surface area contributed by atoms with E-state index in [1.54, 1.807) is 6.92 Å². The molecule has 0 radical (unpaired) electrons. The second kappa shape index (κ2) is 15.3. The van der Waals surface area contributed by atoms with E-state index >= 15 is 0 Å². The summed E-state index contributed by atoms with van der Waals surface area (Å²) < 4.78 is 54.3. The van der Waals surface area contributed by atoms with Gasteiger partial charge in [-0.1, -0.05) is 13.8 Å². The van der Waals surface area contributed by atoms with Crippen LogP contribution in [0.15, 0.2) is 18.3 Å². The van der Waals surface area contributed by atoms with Gasteiger partial charge in [0.1, 0.15) is 42.0 Å². The van der Waals surface area contributed by atoms with Gasteiger partial charge in [0, 0.05) is 53.7 Å². The van der Waals surface area contributed by atoms with Crippen LogP contribution in [0.3, 0.4) is 0 Å². The molecule has 57 heavy (non-hydrogen) atoms. The predicted molar refractivity (Wildman–Crippen MR) is 185 cm³/mol. The molecule has 1 aromatic heterocycles. The smallest absolute Gasteiger partial charge is 0.340 e. The second-order valence-electron chi connectivity index (χ2n) is 15.3. The van der Waals surface area contributed by atoms with Crippen LogP contribution in [0.25, 0.3) is 0 Å². The number of aliphatic hydroxyl groups is 1. The molecule has 1 N–H and O–H groups in total. The molecule has 2 aliphatic carbocycles. The number of rotatable bonds is 7. The zero-order valence-electron chi connectivity index (χ0n) is 33.2. The highest BCUT2D eigenvalue weighted by Crippen LogP contribution is 2.70. The molecule has 3 fully saturated rings. The summed E-state index contributed by atoms with van der Waals surface area (Å²) in [5.74, 6) is -11.6. The first-order valence-corrected chi connectivity index (χ1v) is 18.2. The van der Waals surface area contributed by atoms with Crippen LogP contribution < -0.4 is 0 Å². The van der Waals surface area contributed by atoms with Crippen LogP contribution in [0.5, 0.6) is 0 Å². The van der Waals surface area contributed by atoms with Crippen molar-refractivity contribution in [3.05, 3.63) is 29.6 Å². The maximum atomic E-state index is 14.3. The summed E-state index contributed by atoms with van der Waals surface area (Å²) in [4.78, 5) is 111. The van der Waals surface area contributed by atoms with E-state index in [9.17, 15) is 43.5 Å². The molecule has 4 aliphatic rings. The number of nitrogens with zero attached hydrogens (tertiary/aromatic N) is 1. The number of pyridine rings is 1. The molecule has 3 heterocycles. The Kier molecular flexibility index (Phi) is 11.5. The fraction of sp³-hybridized carbons (Fsp3) is 0.658. The Labute approximate surface area is 327 Å². The first-order valence-electron chi connectivity index (χ1n) is 18.2. The van der Waals surface area contributed by atoms with Gasteiger partial charge in [0.25, 0.3) is 0 Å². The number of carbonyl (C=O) groups is 8. The monoisotopic (exact) mass is 805 g/mol. The van der Waals surface area contributed by atoms with Crippen molar-refractivity contribution >= 4 is 47.8 Å². The van der Waals surface area contributed by atoms with E-state index in [0.717, 1.165) is 48.5 Å². The normalized spacial score (nSPS) is 38.2. The molecule has 1 aromatic rings. The van der Waals surface area contributed by atoms with Crippen molar-refractivity contribution in [2.24, 2.45) is 17.3 Å². The van der Waals surface area contributed by atoms with E-state index < -0.39 is 138 Å². The van der Waals surface area contributed by atoms with Crippen LogP contribution in [0.1, 0.15) is 91.2 Å². The van der Waals surface area contributed by atoms with Gasteiger partial charge in [-0.3, -0.25) is 38.5 Å². The third-order valence-corrected chi connectivity index (χ3v) is 11.4. The molecule has 2 saturated carbocycles. The zero-order valence-corrected chi connectivity index (χ0v) is 33.2. The molecule has 1 spiro atoms. The highest BCUT2D eigenvalue weighted by Gasteiger charge is 2.92. The number of fused-ring (bicyclic) bond motifs is 5. The van der Waals surface area contributed by atoms with Gasteiger partial charge in [-0.2, -0.15) is 0 Å². The Bertz CT molecular complexity index is 1860. The third kappa shape index (κ3) is 6.97. The fourth-order valence-corrected chi connectivity index (χ4v) is 9.25. The summed E-state index contributed by atoms with van der Waals surface area (Å²) >= 11 is 0. The van der Waals surface area contributed by atoms with E-state index in [2.05, 4.69) is 4.98 Å². The number of aromatic nitrogens is 1. The average molecular weight is 806 g/mol. The van der Waals surface area contributed by atoms with Crippen LogP contribution in [-0.4, -0.2) is 124 Å². The van der Waals surface area contributed by atoms with Crippen LogP contribution in [0, 0.1) is 17.3 Å². The minimum Gasteiger partial charge on any atom is -0.465 e. The van der Waals surface area contributed by atoms with Gasteiger partial charge in [0.15, 0.2) is 30.0 Å². The Morgan fingerprint density at radius 1 is 0.772 bits per heavy atom. The Hall–Kier alpha value is -5.17. The van der Waals surface area contributed by atoms with E-state index in [1.165, 1.54) is 32.2 Å². The van der Waals surface area contributed by atoms with Crippen molar-refractivity contribution in [1.82, 2.24) is 4.98 Å². The molecule has 0 aromatic carbocycles. The first kappa shape index (κ1) is 43.0. The molecule has 19 heteroatoms. The largest absolute Gasteiger partial charge is 0.465 e. The molecular weight excluding hydrogens is 758 g/mol. The van der Waals surface area contributed by atoms with Crippen molar-refractivity contribution in [2.75, 3.05) is 13.2 Å². The standard InChI is InChI=1S/C38H47NO18/c1-16-17(2)33(46)56-30-28(52-20(5)42)32(55-23(8)45)37(15-49-18(3)40)31(54-22(7)44)27(51-19(4)41)25-29(53-21(6)43)38(37,36(30,10)48)57-35(25,9)14-50-34(47)24-12-11-13-39-26(16)24/h11-13,16-17,25,27-32,48H,14-15H2,1-10H3/t16-,17-,25+,27+,28-,29+,30-,31+,32-,35-,36-,37-,38-/m0/s1. The fourth-order valence-electron chi connectivity index (χ4n) is 9.25. The number of hydrogen-bond acceptors (Lipinski definition) is 19. The number of carbonyl (C=O) groups excluding carboxylic acids is 8. The van der Waals surface area contributed by atoms with E-state index in [1.807, 2.05) is 0 Å². The maximum absolute atomic E-state index is 14.3. The van der Waals surface area contributed by atoms with Crippen molar-refractivity contribution < 1.29 is 86.1 Å². The third-order valence-electron chi connectivity index (χ3n) is 11.4. The molecular formula is C38H47NO18. The summed E-state index contributed by atoms with van der Waals surface area (Å²) in [7, 11) is 0. The molecule has 1 saturated heterocycles. The second-order valence-corrected chi connectivity index (χ2v) is 15.3. The van der Waals surface area contributed by atoms with Crippen LogP contribution in [-0.2, 0) is 76.2 Å². The average Bonchev–Trinajstić information content (AvgIpc) is 3.32. The van der Waals surface area contributed by atoms with E-state index in [-0.39, 0.29) is 11.3 Å². The highest BCUT2D eigenvalue weighted by atomic mass is 16.7. The van der Waals surface area contributed by atoms with Crippen molar-refractivity contribution in [3.8, 4) is 0 Å². The molecule has 0 amide bonds. The lowest BCUT2D eigenvalue weighted by molar-refractivity contribution is -0.387. The van der Waals surface area contributed by atoms with Gasteiger partial charge >= 0.3 is 47.8 Å². The van der Waals surface area contributed by atoms with Gasteiger partial charge in [-0.05, 0) is 26.0 Å². The molecule has 19 nitrogen and oxygen atoms in total. The minimum absolute atomic E-state index is 0.0422. The summed E-state index contributed by atoms with van der Waals surface area (Å²) in [5, 5.41) is 13.4. The summed E-state index contributed by atoms with van der Waals surface area (Å²) in [6.07, 6.45) is -10.5. The number of esters is 8. The lowest BCUT2D eigenvalue weighted by Gasteiger charge is -2.67. The van der Waals surface area contributed by atoms with Gasteiger partial charge in [0.2, 0.25) is 0 Å². The van der Waals surface area contributed by atoms with Crippen molar-refractivity contribution in [1.29, 1.82) is 0 Å². The Balaban J connectivity index is 2.01. The molecule has 4 bridgehead atoms. The highest BCUT2D eigenvalue weighted by molar-refractivity contribution is 5.91. The van der Waals surface area contributed by atoms with E-state index in [0.29, 0.717) is 0 Å². The van der Waals surface area contributed by atoms with Crippen LogP contribution >= 0.6 is 0 Å². The van der Waals surface area contributed by atoms with E-state index in [4.69, 9.17) is 42.6 Å². The van der Waals surface area contributed by atoms with Gasteiger partial charge in [0.05, 0.1) is 23.1 Å². The number of cyclic esters (lactones) is 1. The summed E-state index contributed by atoms with van der Waals surface area (Å²) in [5.41, 5.74) is -10.1. The first-order chi connectivity index (χ1) is 26.5. The molecule has 13 atom stereocenters. The lowest BCUT2D eigenvalue weighted by atomic mass is 9.45. The Morgan fingerprint density at radius 3 is 1.84 bits per heavy atom. The van der Waals surface area contributed by atoms with Gasteiger partial charge < -0.3 is 47.7 Å². The molecule has 0 unspecified atom stereocenters. The molecule has 2 aliphatic heterocycles. The molecule has 312 valence electrons. The summed E-state index contributed by atoms with van der Waals surface area (Å²) in [6.45, 7) is 9.67. The maximum Gasteiger partial charge on any atom is 0.340 e. The van der Waals surface area contributed by atoms with Crippen molar-refractivity contribution in [3.63, 3.8) is 0 Å². The Morgan fingerprint density at radius 2 is 1.30 bits per heavy atom. The van der Waals surface area contributed by atoms with Crippen molar-refractivity contribution in [2.45, 2.75) is 129 Å². The molecule has 5 rings (SSSR count). The predicted octanol–water partition coefficient (Wildman–Crippen LogP) is 1.03. The van der Waals surface area contributed by atoms with Crippen LogP contribution in [0.4, 0.5) is 0 Å². The van der Waals surface area contributed by atoms with Crippen LogP contribution in [0.2, 0.25) is 0 Å². The topological polar surface area (TPSA) is 253 Å². The zero-order chi connectivity index (χ0) is 42.6. The SMILES string of the molecule is CC(=O)OC[C@@]12[C@H](OC(C)=O)[C@H](OC(C)=O)[C@@H]3[C@@H](OC(C)=O)[C@@]14O[C@@]3(C)COC(=O)c1cccnc1[C@@H](C)[C@H](C)C(=O)O[C@@H]([C@H](OC(C)=O)[C@@H]2OC(C)=O)[C@]4(C)O. The number of ether oxygens (including phenoxy) is 9. The van der Waals surface area contributed by atoms with Gasteiger partial charge in [-0.15, -0.1) is 0 Å². The quantitative estimate of drug-likeness (QED) is 0.298. The van der Waals surface area contributed by atoms with Gasteiger partial charge in [-0.25, -0.2) is 4.79 Å². The minimum atomic E-state index is -2.82. The summed E-state index contributed by atoms with van der Waals surface area (Å²) in [6, 6.07) is 2.89.